The van der Waals surface area contributed by atoms with Gasteiger partial charge in [0.05, 0.1) is 11.8 Å². The highest BCUT2D eigenvalue weighted by molar-refractivity contribution is 5.93. The van der Waals surface area contributed by atoms with Crippen molar-refractivity contribution in [1.82, 2.24) is 20.3 Å². The van der Waals surface area contributed by atoms with Crippen molar-refractivity contribution in [2.45, 2.75) is 12.5 Å². The van der Waals surface area contributed by atoms with Crippen LogP contribution in [0.2, 0.25) is 0 Å². The lowest BCUT2D eigenvalue weighted by Gasteiger charge is -2.14. The predicted molar refractivity (Wildman–Crippen MR) is 102 cm³/mol. The Balaban J connectivity index is 1.65. The number of aromatic nitrogens is 3. The molecule has 12 heteroatoms. The number of carbonyl (C=O) groups is 3. The third-order valence-electron chi connectivity index (χ3n) is 3.73. The van der Waals surface area contributed by atoms with E-state index in [1.807, 2.05) is 0 Å². The van der Waals surface area contributed by atoms with Gasteiger partial charge in [0, 0.05) is 11.9 Å². The fourth-order valence-corrected chi connectivity index (χ4v) is 2.45. The van der Waals surface area contributed by atoms with Crippen LogP contribution in [0.1, 0.15) is 6.42 Å². The standard InChI is InChI=1S/C17H17N7O5/c18-12(25)7-11(15(26)27)22-17(28)21-8-1-3-9(4-2-8)29-14-10-5-6-20-13(10)23-16(19)24-14/h1-6,11H,7H2,(H2,18,25)(H,26,27)(H2,21,22,28)(H3,19,20,23,24)/t11-/m0/s1. The van der Waals surface area contributed by atoms with Crippen molar-refractivity contribution < 1.29 is 24.2 Å². The number of anilines is 2. The Bertz CT molecular complexity index is 1060. The van der Waals surface area contributed by atoms with Crippen molar-refractivity contribution in [3.8, 4) is 11.6 Å². The Morgan fingerprint density at radius 2 is 1.90 bits per heavy atom. The number of carboxylic acids is 1. The largest absolute Gasteiger partial charge is 0.480 e. The maximum absolute atomic E-state index is 11.9. The Hall–Kier alpha value is -4.35. The molecule has 0 aliphatic carbocycles. The van der Waals surface area contributed by atoms with Gasteiger partial charge in [-0.05, 0) is 30.3 Å². The van der Waals surface area contributed by atoms with E-state index < -0.39 is 30.4 Å². The molecule has 0 unspecified atom stereocenters. The molecule has 1 aromatic carbocycles. The molecule has 2 heterocycles. The van der Waals surface area contributed by atoms with Crippen LogP contribution in [-0.2, 0) is 9.59 Å². The predicted octanol–water partition coefficient (Wildman–Crippen LogP) is 0.782. The van der Waals surface area contributed by atoms with E-state index in [1.165, 1.54) is 12.1 Å². The lowest BCUT2D eigenvalue weighted by molar-refractivity contribution is -0.140. The zero-order chi connectivity index (χ0) is 21.0. The van der Waals surface area contributed by atoms with Gasteiger partial charge in [0.2, 0.25) is 17.7 Å². The van der Waals surface area contributed by atoms with Crippen LogP contribution in [0.15, 0.2) is 36.5 Å². The molecule has 12 nitrogen and oxygen atoms in total. The van der Waals surface area contributed by atoms with Crippen molar-refractivity contribution in [3.05, 3.63) is 36.5 Å². The number of nitrogens with zero attached hydrogens (tertiary/aromatic N) is 2. The van der Waals surface area contributed by atoms with Crippen molar-refractivity contribution in [2.24, 2.45) is 5.73 Å². The average molecular weight is 399 g/mol. The monoisotopic (exact) mass is 399 g/mol. The molecular weight excluding hydrogens is 382 g/mol. The second-order valence-electron chi connectivity index (χ2n) is 5.91. The maximum Gasteiger partial charge on any atom is 0.326 e. The lowest BCUT2D eigenvalue weighted by atomic mass is 10.2. The van der Waals surface area contributed by atoms with Gasteiger partial charge in [-0.15, -0.1) is 0 Å². The van der Waals surface area contributed by atoms with Gasteiger partial charge in [-0.1, -0.05) is 0 Å². The summed E-state index contributed by atoms with van der Waals surface area (Å²) < 4.78 is 5.72. The van der Waals surface area contributed by atoms with E-state index in [2.05, 4.69) is 25.6 Å². The normalized spacial score (nSPS) is 11.6. The highest BCUT2D eigenvalue weighted by Crippen LogP contribution is 2.28. The highest BCUT2D eigenvalue weighted by atomic mass is 16.5. The summed E-state index contributed by atoms with van der Waals surface area (Å²) in [6.45, 7) is 0. The van der Waals surface area contributed by atoms with Gasteiger partial charge in [-0.25, -0.2) is 9.59 Å². The van der Waals surface area contributed by atoms with E-state index in [1.54, 1.807) is 24.4 Å². The molecule has 0 saturated carbocycles. The fraction of sp³-hybridized carbons (Fsp3) is 0.118. The number of H-pyrrole nitrogens is 1. The van der Waals surface area contributed by atoms with Crippen LogP contribution >= 0.6 is 0 Å². The first-order valence-electron chi connectivity index (χ1n) is 8.29. The number of benzene rings is 1. The number of hydrogen-bond acceptors (Lipinski definition) is 7. The first-order valence-corrected chi connectivity index (χ1v) is 8.29. The van der Waals surface area contributed by atoms with Gasteiger partial charge in [0.25, 0.3) is 0 Å². The molecule has 0 fully saturated rings. The number of aliphatic carboxylic acids is 1. The van der Waals surface area contributed by atoms with Crippen LogP contribution in [0, 0.1) is 0 Å². The summed E-state index contributed by atoms with van der Waals surface area (Å²) in [6.07, 6.45) is 1.16. The molecule has 8 N–H and O–H groups in total. The van der Waals surface area contributed by atoms with Gasteiger partial charge in [-0.3, -0.25) is 4.79 Å². The van der Waals surface area contributed by atoms with E-state index in [0.29, 0.717) is 22.5 Å². The number of primary amides is 1. The SMILES string of the molecule is NC(=O)C[C@H](NC(=O)Nc1ccc(Oc2nc(N)nc3[nH]ccc23)cc1)C(=O)O. The number of carboxylic acid groups (broad SMARTS) is 1. The number of urea groups is 1. The Morgan fingerprint density at radius 1 is 1.17 bits per heavy atom. The molecule has 3 amide bonds. The van der Waals surface area contributed by atoms with Gasteiger partial charge >= 0.3 is 12.0 Å². The molecule has 1 atom stereocenters. The molecule has 0 saturated heterocycles. The highest BCUT2D eigenvalue weighted by Gasteiger charge is 2.22. The first kappa shape index (κ1) is 19.4. The van der Waals surface area contributed by atoms with Crippen molar-refractivity contribution in [2.75, 3.05) is 11.1 Å². The molecule has 0 radical (unpaired) electrons. The molecule has 0 aliphatic heterocycles. The second-order valence-corrected chi connectivity index (χ2v) is 5.91. The minimum absolute atomic E-state index is 0.0499. The van der Waals surface area contributed by atoms with Crippen LogP contribution < -0.4 is 26.8 Å². The maximum atomic E-state index is 11.9. The summed E-state index contributed by atoms with van der Waals surface area (Å²) in [5, 5.41) is 14.3. The number of rotatable bonds is 7. The number of carbonyl (C=O) groups excluding carboxylic acids is 2. The summed E-state index contributed by atoms with van der Waals surface area (Å²) in [7, 11) is 0. The quantitative estimate of drug-likeness (QED) is 0.335. The van der Waals surface area contributed by atoms with Crippen molar-refractivity contribution >= 4 is 40.6 Å². The molecule has 0 aliphatic rings. The van der Waals surface area contributed by atoms with E-state index in [-0.39, 0.29) is 11.8 Å². The number of aromatic amines is 1. The number of ether oxygens (including phenoxy) is 1. The van der Waals surface area contributed by atoms with Gasteiger partial charge in [0.15, 0.2) is 0 Å². The zero-order valence-electron chi connectivity index (χ0n) is 14.9. The summed E-state index contributed by atoms with van der Waals surface area (Å²) in [4.78, 5) is 44.9. The fourth-order valence-electron chi connectivity index (χ4n) is 2.45. The smallest absolute Gasteiger partial charge is 0.326 e. The van der Waals surface area contributed by atoms with Crippen LogP contribution in [0.4, 0.5) is 16.4 Å². The Kier molecular flexibility index (Phi) is 5.44. The van der Waals surface area contributed by atoms with E-state index in [9.17, 15) is 14.4 Å². The Morgan fingerprint density at radius 3 is 2.55 bits per heavy atom. The lowest BCUT2D eigenvalue weighted by Crippen LogP contribution is -2.45. The van der Waals surface area contributed by atoms with E-state index in [4.69, 9.17) is 21.3 Å². The molecule has 3 rings (SSSR count). The number of fused-ring (bicyclic) bond motifs is 1. The van der Waals surface area contributed by atoms with Crippen LogP contribution in [0.25, 0.3) is 11.0 Å². The first-order chi connectivity index (χ1) is 13.8. The van der Waals surface area contributed by atoms with Crippen LogP contribution in [-0.4, -0.2) is 44.0 Å². The number of nitrogens with one attached hydrogen (secondary N) is 3. The van der Waals surface area contributed by atoms with Crippen LogP contribution in [0.3, 0.4) is 0 Å². The molecular formula is C17H17N7O5. The Labute approximate surface area is 163 Å². The summed E-state index contributed by atoms with van der Waals surface area (Å²) >= 11 is 0. The van der Waals surface area contributed by atoms with Gasteiger partial charge in [0.1, 0.15) is 17.4 Å². The minimum atomic E-state index is -1.43. The van der Waals surface area contributed by atoms with E-state index in [0.717, 1.165) is 0 Å². The summed E-state index contributed by atoms with van der Waals surface area (Å²) in [6, 6.07) is 5.74. The molecule has 150 valence electrons. The number of amides is 3. The van der Waals surface area contributed by atoms with Gasteiger partial charge < -0.3 is 36.9 Å². The number of nitrogen functional groups attached to an aromatic ring is 1. The van der Waals surface area contributed by atoms with E-state index >= 15 is 0 Å². The van der Waals surface area contributed by atoms with Gasteiger partial charge in [-0.2, -0.15) is 9.97 Å². The van der Waals surface area contributed by atoms with Crippen molar-refractivity contribution in [3.63, 3.8) is 0 Å². The second kappa shape index (κ2) is 8.12. The van der Waals surface area contributed by atoms with Crippen molar-refractivity contribution in [1.29, 1.82) is 0 Å². The summed E-state index contributed by atoms with van der Waals surface area (Å²) in [5.74, 6) is -1.48. The van der Waals surface area contributed by atoms with Crippen LogP contribution in [0.5, 0.6) is 11.6 Å². The third kappa shape index (κ3) is 4.88. The molecule has 3 aromatic rings. The molecule has 29 heavy (non-hydrogen) atoms. The number of hydrogen-bond donors (Lipinski definition) is 6. The third-order valence-corrected chi connectivity index (χ3v) is 3.73. The zero-order valence-corrected chi connectivity index (χ0v) is 14.9. The molecule has 2 aromatic heterocycles. The number of nitrogens with two attached hydrogens (primary N) is 2. The topological polar surface area (TPSA) is 198 Å². The average Bonchev–Trinajstić information content (AvgIpc) is 3.11. The minimum Gasteiger partial charge on any atom is -0.480 e. The summed E-state index contributed by atoms with van der Waals surface area (Å²) in [5.41, 5.74) is 11.5. The molecule has 0 bridgehead atoms. The molecule has 0 spiro atoms.